The highest BCUT2D eigenvalue weighted by molar-refractivity contribution is 7.90. The topological polar surface area (TPSA) is 42.3 Å². The van der Waals surface area contributed by atoms with E-state index in [1.165, 1.54) is 9.54 Å². The lowest BCUT2D eigenvalue weighted by atomic mass is 9.89. The van der Waals surface area contributed by atoms with E-state index in [0.29, 0.717) is 10.9 Å². The van der Waals surface area contributed by atoms with Crippen LogP contribution < -0.4 is 0 Å². The van der Waals surface area contributed by atoms with Crippen molar-refractivity contribution in [3.63, 3.8) is 0 Å². The summed E-state index contributed by atoms with van der Waals surface area (Å²) in [5.74, 6) is 0. The van der Waals surface area contributed by atoms with Crippen molar-refractivity contribution in [3.8, 4) is 0 Å². The van der Waals surface area contributed by atoms with Crippen molar-refractivity contribution in [1.29, 1.82) is 0 Å². The van der Waals surface area contributed by atoms with Gasteiger partial charge >= 0.3 is 0 Å². The van der Waals surface area contributed by atoms with Crippen LogP contribution in [-0.2, 0) is 22.9 Å². The zero-order valence-corrected chi connectivity index (χ0v) is 15.5. The largest absolute Gasteiger partial charge is 0.306 e. The minimum absolute atomic E-state index is 0.329. The Bertz CT molecular complexity index is 1050. The van der Waals surface area contributed by atoms with Gasteiger partial charge in [-0.25, -0.2) is 12.4 Å². The minimum Gasteiger partial charge on any atom is -0.306 e. The van der Waals surface area contributed by atoms with Crippen LogP contribution in [0, 0.1) is 6.92 Å². The van der Waals surface area contributed by atoms with Gasteiger partial charge < -0.3 is 4.90 Å². The molecule has 3 aromatic rings. The molecule has 0 aliphatic heterocycles. The normalized spacial score (nSPS) is 17.4. The summed E-state index contributed by atoms with van der Waals surface area (Å²) in [5, 5.41) is 1.11. The van der Waals surface area contributed by atoms with E-state index in [4.69, 9.17) is 0 Å². The van der Waals surface area contributed by atoms with Gasteiger partial charge in [-0.05, 0) is 63.2 Å². The molecule has 4 nitrogen and oxygen atoms in total. The van der Waals surface area contributed by atoms with Gasteiger partial charge in [0.15, 0.2) is 0 Å². The van der Waals surface area contributed by atoms with Crippen LogP contribution in [0.4, 0.5) is 0 Å². The van der Waals surface area contributed by atoms with E-state index in [1.54, 1.807) is 12.1 Å². The van der Waals surface area contributed by atoms with Crippen LogP contribution in [-0.4, -0.2) is 37.4 Å². The summed E-state index contributed by atoms with van der Waals surface area (Å²) in [6.07, 6.45) is 3.64. The van der Waals surface area contributed by atoms with Crippen LogP contribution in [0.5, 0.6) is 0 Å². The fraction of sp³-hybridized carbons (Fsp3) is 0.300. The van der Waals surface area contributed by atoms with Crippen LogP contribution in [0.3, 0.4) is 0 Å². The van der Waals surface area contributed by atoms with E-state index >= 15 is 0 Å². The van der Waals surface area contributed by atoms with Crippen molar-refractivity contribution in [3.05, 3.63) is 65.4 Å². The number of likely N-dealkylation sites (N-methyl/N-ethyl adjacent to an activating group) is 1. The highest BCUT2D eigenvalue weighted by Gasteiger charge is 2.28. The Morgan fingerprint density at radius 2 is 1.68 bits per heavy atom. The van der Waals surface area contributed by atoms with Crippen LogP contribution >= 0.6 is 0 Å². The molecule has 1 aliphatic rings. The monoisotopic (exact) mass is 354 g/mol. The SMILES string of the molecule is Cc1ccc(S(=O)(=O)n2cc3c4c(cccc42)CC(N(C)C)C3)cc1. The highest BCUT2D eigenvalue weighted by atomic mass is 32.2. The van der Waals surface area contributed by atoms with E-state index in [-0.39, 0.29) is 0 Å². The predicted molar refractivity (Wildman–Crippen MR) is 101 cm³/mol. The Balaban J connectivity index is 1.91. The molecule has 0 radical (unpaired) electrons. The molecule has 0 spiro atoms. The maximum atomic E-state index is 13.2. The molecule has 0 bridgehead atoms. The van der Waals surface area contributed by atoms with Gasteiger partial charge in [0.1, 0.15) is 0 Å². The van der Waals surface area contributed by atoms with Crippen LogP contribution in [0.25, 0.3) is 10.9 Å². The van der Waals surface area contributed by atoms with E-state index in [1.807, 2.05) is 37.4 Å². The summed E-state index contributed by atoms with van der Waals surface area (Å²) >= 11 is 0. The summed E-state index contributed by atoms with van der Waals surface area (Å²) in [6.45, 7) is 1.95. The Labute approximate surface area is 148 Å². The molecule has 5 heteroatoms. The zero-order chi connectivity index (χ0) is 17.8. The van der Waals surface area contributed by atoms with Gasteiger partial charge in [0.05, 0.1) is 10.4 Å². The standard InChI is InChI=1S/C20H22N2O2S/c1-14-7-9-18(10-8-14)25(23,24)22-13-16-12-17(21(2)3)11-15-5-4-6-19(22)20(15)16/h4-10,13,17H,11-12H2,1-3H3. The van der Waals surface area contributed by atoms with Crippen LogP contribution in [0.2, 0.25) is 0 Å². The molecule has 25 heavy (non-hydrogen) atoms. The summed E-state index contributed by atoms with van der Waals surface area (Å²) in [7, 11) is 0.563. The third-order valence-corrected chi connectivity index (χ3v) is 6.87. The van der Waals surface area contributed by atoms with Crippen molar-refractivity contribution in [1.82, 2.24) is 8.87 Å². The molecule has 0 saturated carbocycles. The molecule has 2 aromatic carbocycles. The van der Waals surface area contributed by atoms with Gasteiger partial charge in [-0.3, -0.25) is 0 Å². The molecule has 1 heterocycles. The fourth-order valence-electron chi connectivity index (χ4n) is 3.71. The van der Waals surface area contributed by atoms with Crippen molar-refractivity contribution >= 4 is 20.9 Å². The Morgan fingerprint density at radius 1 is 1.00 bits per heavy atom. The number of aryl methyl sites for hydroxylation is 1. The van der Waals surface area contributed by atoms with E-state index in [2.05, 4.69) is 25.1 Å². The van der Waals surface area contributed by atoms with E-state index in [9.17, 15) is 8.42 Å². The molecule has 0 N–H and O–H groups in total. The lowest BCUT2D eigenvalue weighted by Gasteiger charge is -2.28. The van der Waals surface area contributed by atoms with Crippen molar-refractivity contribution in [2.75, 3.05) is 14.1 Å². The molecular weight excluding hydrogens is 332 g/mol. The van der Waals surface area contributed by atoms with Crippen LogP contribution in [0.15, 0.2) is 53.6 Å². The molecule has 1 unspecified atom stereocenters. The van der Waals surface area contributed by atoms with Crippen molar-refractivity contribution in [2.24, 2.45) is 0 Å². The summed E-state index contributed by atoms with van der Waals surface area (Å²) in [6, 6.07) is 13.4. The second-order valence-corrected chi connectivity index (χ2v) is 8.92. The smallest absolute Gasteiger partial charge is 0.268 e. The molecule has 0 fully saturated rings. The van der Waals surface area contributed by atoms with Gasteiger partial charge in [-0.2, -0.15) is 0 Å². The minimum atomic E-state index is -3.60. The van der Waals surface area contributed by atoms with E-state index in [0.717, 1.165) is 34.9 Å². The molecular formula is C20H22N2O2S. The zero-order valence-electron chi connectivity index (χ0n) is 14.7. The lowest BCUT2D eigenvalue weighted by molar-refractivity contribution is 0.287. The van der Waals surface area contributed by atoms with Gasteiger partial charge in [-0.1, -0.05) is 29.8 Å². The third-order valence-electron chi connectivity index (χ3n) is 5.18. The number of aromatic nitrogens is 1. The number of rotatable bonds is 3. The van der Waals surface area contributed by atoms with Gasteiger partial charge in [0.2, 0.25) is 0 Å². The maximum Gasteiger partial charge on any atom is 0.268 e. The maximum absolute atomic E-state index is 13.2. The van der Waals surface area contributed by atoms with Gasteiger partial charge in [0, 0.05) is 17.6 Å². The molecule has 4 rings (SSSR count). The summed E-state index contributed by atoms with van der Waals surface area (Å²) in [4.78, 5) is 2.54. The van der Waals surface area contributed by atoms with Gasteiger partial charge in [0.25, 0.3) is 10.0 Å². The molecule has 1 aromatic heterocycles. The quantitative estimate of drug-likeness (QED) is 0.725. The Kier molecular flexibility index (Phi) is 3.74. The number of benzene rings is 2. The number of nitrogens with zero attached hydrogens (tertiary/aromatic N) is 2. The van der Waals surface area contributed by atoms with Crippen molar-refractivity contribution < 1.29 is 8.42 Å². The first kappa shape index (κ1) is 16.4. The summed E-state index contributed by atoms with van der Waals surface area (Å²) < 4.78 is 27.8. The summed E-state index contributed by atoms with van der Waals surface area (Å²) in [5.41, 5.74) is 4.18. The number of hydrogen-bond acceptors (Lipinski definition) is 3. The average molecular weight is 354 g/mol. The number of hydrogen-bond donors (Lipinski definition) is 0. The van der Waals surface area contributed by atoms with Gasteiger partial charge in [-0.15, -0.1) is 0 Å². The molecule has 1 aliphatic carbocycles. The Morgan fingerprint density at radius 3 is 2.36 bits per heavy atom. The second kappa shape index (κ2) is 5.71. The molecule has 130 valence electrons. The average Bonchev–Trinajstić information content (AvgIpc) is 2.96. The molecule has 0 saturated heterocycles. The fourth-order valence-corrected chi connectivity index (χ4v) is 5.09. The van der Waals surface area contributed by atoms with Crippen LogP contribution in [0.1, 0.15) is 16.7 Å². The van der Waals surface area contributed by atoms with Crippen molar-refractivity contribution in [2.45, 2.75) is 30.7 Å². The predicted octanol–water partition coefficient (Wildman–Crippen LogP) is 3.22. The Hall–Kier alpha value is -2.11. The second-order valence-electron chi connectivity index (χ2n) is 7.11. The lowest BCUT2D eigenvalue weighted by Crippen LogP contribution is -2.33. The van der Waals surface area contributed by atoms with E-state index < -0.39 is 10.0 Å². The first-order valence-corrected chi connectivity index (χ1v) is 9.92. The first-order chi connectivity index (χ1) is 11.9. The highest BCUT2D eigenvalue weighted by Crippen LogP contribution is 2.34. The third kappa shape index (κ3) is 2.58. The molecule has 0 amide bonds. The molecule has 1 atom stereocenters. The first-order valence-electron chi connectivity index (χ1n) is 8.48.